The molecule has 0 bridgehead atoms. The number of hydrogen-bond acceptors (Lipinski definition) is 1. The topological polar surface area (TPSA) is 17.1 Å². The minimum absolute atomic E-state index is 0.137. The molecule has 2 aliphatic rings. The number of carbonyl (C=O) groups excluding carboxylic acids is 1. The largest absolute Gasteiger partial charge is 0.272 e. The molecule has 0 spiro atoms. The Balaban J connectivity index is 2.36. The maximum absolute atomic E-state index is 13.2. The Hall–Kier alpha value is -1.57. The molecule has 1 aromatic rings. The molecule has 0 unspecified atom stereocenters. The molecule has 0 radical (unpaired) electrons. The van der Waals surface area contributed by atoms with Gasteiger partial charge < -0.3 is 0 Å². The minimum Gasteiger partial charge on any atom is -0.272 e. The Morgan fingerprint density at radius 2 is 2.06 bits per heavy atom. The zero-order chi connectivity index (χ0) is 11.3. The molecule has 0 saturated heterocycles. The first-order valence-electron chi connectivity index (χ1n) is 4.72. The van der Waals surface area contributed by atoms with Gasteiger partial charge in [0.25, 0.3) is 0 Å². The van der Waals surface area contributed by atoms with E-state index in [1.807, 2.05) is 6.08 Å². The van der Waals surface area contributed by atoms with Crippen molar-refractivity contribution >= 4 is 27.3 Å². The summed E-state index contributed by atoms with van der Waals surface area (Å²) >= 11 is 3.29. The van der Waals surface area contributed by atoms with E-state index in [0.29, 0.717) is 15.6 Å². The summed E-state index contributed by atoms with van der Waals surface area (Å²) in [4.78, 5) is 12.0. The third-order valence-electron chi connectivity index (χ3n) is 2.68. The average Bonchev–Trinajstić information content (AvgIpc) is 2.54. The first-order valence-corrected chi connectivity index (χ1v) is 5.52. The summed E-state index contributed by atoms with van der Waals surface area (Å²) in [6, 6.07) is 2.65. The molecule has 0 N–H and O–H groups in total. The van der Waals surface area contributed by atoms with Crippen LogP contribution in [0.15, 0.2) is 40.4 Å². The fourth-order valence-corrected chi connectivity index (χ4v) is 2.65. The van der Waals surface area contributed by atoms with Gasteiger partial charge in [-0.3, -0.25) is 4.79 Å². The predicted octanol–water partition coefficient (Wildman–Crippen LogP) is 3.47. The van der Waals surface area contributed by atoms with Crippen molar-refractivity contribution in [2.45, 2.75) is 0 Å². The molecule has 0 fully saturated rings. The van der Waals surface area contributed by atoms with Gasteiger partial charge in [-0.25, -0.2) is 4.39 Å². The van der Waals surface area contributed by atoms with Crippen LogP contribution in [0.5, 0.6) is 0 Å². The number of fused-ring (bicyclic) bond motifs is 2. The van der Waals surface area contributed by atoms with E-state index in [1.54, 1.807) is 12.2 Å². The van der Waals surface area contributed by atoms with Gasteiger partial charge in [-0.05, 0) is 28.1 Å². The Labute approximate surface area is 100 Å². The maximum atomic E-state index is 13.2. The monoisotopic (exact) mass is 275 g/mol. The second-order valence-corrected chi connectivity index (χ2v) is 4.47. The van der Waals surface area contributed by atoms with E-state index in [4.69, 9.17) is 0 Å². The highest BCUT2D eigenvalue weighted by Gasteiger charge is 2.36. The van der Waals surface area contributed by atoms with Gasteiger partial charge in [0.15, 0.2) is 0 Å². The molecule has 76 valence electrons. The molecule has 0 aromatic heterocycles. The van der Waals surface area contributed by atoms with Gasteiger partial charge in [-0.2, -0.15) is 0 Å². The Morgan fingerprint density at radius 3 is 2.88 bits per heavy atom. The molecule has 0 aliphatic heterocycles. The van der Waals surface area contributed by atoms with Crippen molar-refractivity contribution < 1.29 is 9.18 Å². The molecule has 0 heterocycles. The highest BCUT2D eigenvalue weighted by atomic mass is 79.9. The predicted molar refractivity (Wildman–Crippen MR) is 62.3 cm³/mol. The lowest BCUT2D eigenvalue weighted by Gasteiger charge is -2.01. The van der Waals surface area contributed by atoms with Crippen LogP contribution in [0, 0.1) is 11.9 Å². The van der Waals surface area contributed by atoms with Crippen LogP contribution in [0.2, 0.25) is 0 Å². The van der Waals surface area contributed by atoms with Crippen molar-refractivity contribution in [2.75, 3.05) is 0 Å². The molecular formula is C13H5BrFO+. The van der Waals surface area contributed by atoms with Crippen molar-refractivity contribution in [3.05, 3.63) is 63.4 Å². The lowest BCUT2D eigenvalue weighted by Crippen LogP contribution is -1.97. The highest BCUT2D eigenvalue weighted by Crippen LogP contribution is 2.40. The second-order valence-electron chi connectivity index (χ2n) is 3.61. The van der Waals surface area contributed by atoms with E-state index in [-0.39, 0.29) is 5.78 Å². The summed E-state index contributed by atoms with van der Waals surface area (Å²) in [6.07, 6.45) is 8.07. The summed E-state index contributed by atoms with van der Waals surface area (Å²) < 4.78 is 13.8. The standard InChI is InChI=1S/C13H5BrFO/c14-11-6-7(15)5-10-12(11)8-3-1-2-4-9(8)13(10)16/h1,3-6H/q+1. The molecule has 1 nitrogen and oxygen atoms in total. The van der Waals surface area contributed by atoms with Crippen LogP contribution in [0.1, 0.15) is 15.9 Å². The Bertz CT molecular complexity index is 609. The smallest absolute Gasteiger partial charge is 0.250 e. The maximum Gasteiger partial charge on any atom is 0.250 e. The Morgan fingerprint density at radius 1 is 1.25 bits per heavy atom. The third kappa shape index (κ3) is 1.16. The summed E-state index contributed by atoms with van der Waals surface area (Å²) in [7, 11) is 0. The van der Waals surface area contributed by atoms with E-state index in [2.05, 4.69) is 22.0 Å². The molecule has 0 amide bonds. The van der Waals surface area contributed by atoms with Crippen LogP contribution in [0.3, 0.4) is 0 Å². The molecule has 0 atom stereocenters. The van der Waals surface area contributed by atoms with Gasteiger partial charge in [0.2, 0.25) is 5.78 Å². The molecule has 1 aromatic carbocycles. The molecule has 16 heavy (non-hydrogen) atoms. The quantitative estimate of drug-likeness (QED) is 0.663. The van der Waals surface area contributed by atoms with Gasteiger partial charge in [-0.1, -0.05) is 0 Å². The van der Waals surface area contributed by atoms with Gasteiger partial charge >= 0.3 is 0 Å². The fraction of sp³-hybridized carbons (Fsp3) is 0. The van der Waals surface area contributed by atoms with Crippen LogP contribution in [0.4, 0.5) is 4.39 Å². The number of allylic oxidation sites excluding steroid dienone is 6. The highest BCUT2D eigenvalue weighted by molar-refractivity contribution is 9.10. The van der Waals surface area contributed by atoms with E-state index in [1.165, 1.54) is 12.1 Å². The zero-order valence-electron chi connectivity index (χ0n) is 8.05. The fourth-order valence-electron chi connectivity index (χ4n) is 2.01. The first-order chi connectivity index (χ1) is 7.68. The molecule has 3 rings (SSSR count). The zero-order valence-corrected chi connectivity index (χ0v) is 9.64. The summed E-state index contributed by atoms with van der Waals surface area (Å²) in [6.45, 7) is 0. The number of ketones is 1. The lowest BCUT2D eigenvalue weighted by atomic mass is 10.0. The van der Waals surface area contributed by atoms with E-state index in [9.17, 15) is 9.18 Å². The number of hydrogen-bond donors (Lipinski definition) is 0. The number of carbonyl (C=O) groups is 1. The van der Waals surface area contributed by atoms with Gasteiger partial charge in [0.1, 0.15) is 29.1 Å². The second kappa shape index (κ2) is 3.21. The van der Waals surface area contributed by atoms with Crippen molar-refractivity contribution in [2.24, 2.45) is 0 Å². The number of Topliss-reactive ketones (excluding diaryl/α,β-unsaturated/α-hetero) is 1. The van der Waals surface area contributed by atoms with Crippen molar-refractivity contribution in [1.82, 2.24) is 0 Å². The number of rotatable bonds is 0. The van der Waals surface area contributed by atoms with Crippen LogP contribution in [0.25, 0.3) is 5.57 Å². The van der Waals surface area contributed by atoms with Gasteiger partial charge in [0, 0.05) is 16.1 Å². The summed E-state index contributed by atoms with van der Waals surface area (Å²) in [5.74, 6) is -0.544. The van der Waals surface area contributed by atoms with Crippen LogP contribution in [-0.4, -0.2) is 5.78 Å². The van der Waals surface area contributed by atoms with Crippen molar-refractivity contribution in [3.63, 3.8) is 0 Å². The van der Waals surface area contributed by atoms with E-state index >= 15 is 0 Å². The first kappa shape index (κ1) is 9.64. The van der Waals surface area contributed by atoms with Crippen molar-refractivity contribution in [3.8, 4) is 0 Å². The minimum atomic E-state index is -0.407. The molecule has 2 aliphatic carbocycles. The van der Waals surface area contributed by atoms with Crippen LogP contribution < -0.4 is 0 Å². The normalized spacial score (nSPS) is 16.2. The molecule has 0 saturated carbocycles. The van der Waals surface area contributed by atoms with Crippen molar-refractivity contribution in [1.29, 1.82) is 0 Å². The lowest BCUT2D eigenvalue weighted by molar-refractivity contribution is 0.104. The van der Waals surface area contributed by atoms with Gasteiger partial charge in [0.05, 0.1) is 11.6 Å². The number of halogens is 2. The Kier molecular flexibility index (Phi) is 1.93. The van der Waals surface area contributed by atoms with Gasteiger partial charge in [-0.15, -0.1) is 0 Å². The summed E-state index contributed by atoms with van der Waals surface area (Å²) in [5.41, 5.74) is 2.62. The average molecular weight is 276 g/mol. The molecular weight excluding hydrogens is 271 g/mol. The van der Waals surface area contributed by atoms with E-state index in [0.717, 1.165) is 11.1 Å². The third-order valence-corrected chi connectivity index (χ3v) is 3.30. The SMILES string of the molecule is O=C1C2=C(C=C[C+]=C2)c2c(Br)cc(F)cc21. The summed E-state index contributed by atoms with van der Waals surface area (Å²) in [5, 5.41) is 0. The van der Waals surface area contributed by atoms with Crippen LogP contribution in [-0.2, 0) is 0 Å². The van der Waals surface area contributed by atoms with E-state index < -0.39 is 5.82 Å². The number of benzene rings is 1. The van der Waals surface area contributed by atoms with Crippen LogP contribution >= 0.6 is 15.9 Å². The molecule has 3 heteroatoms.